The van der Waals surface area contributed by atoms with Gasteiger partial charge in [0.05, 0.1) is 11.8 Å². The summed E-state index contributed by atoms with van der Waals surface area (Å²) in [6.07, 6.45) is 7.78. The predicted molar refractivity (Wildman–Crippen MR) is 146 cm³/mol. The summed E-state index contributed by atoms with van der Waals surface area (Å²) in [6.45, 7) is 1.01. The molecule has 0 radical (unpaired) electrons. The van der Waals surface area contributed by atoms with Crippen molar-refractivity contribution in [3.8, 4) is 22.3 Å². The molecule has 1 aliphatic rings. The first-order valence-corrected chi connectivity index (χ1v) is 12.5. The second-order valence-corrected chi connectivity index (χ2v) is 9.63. The van der Waals surface area contributed by atoms with E-state index in [1.165, 1.54) is 0 Å². The molecular formula is C29H27N7O2. The molecule has 4 N–H and O–H groups in total. The summed E-state index contributed by atoms with van der Waals surface area (Å²) in [4.78, 5) is 35.4. The molecule has 0 unspecified atom stereocenters. The summed E-state index contributed by atoms with van der Waals surface area (Å²) < 4.78 is 1.69. The van der Waals surface area contributed by atoms with Gasteiger partial charge in [-0.3, -0.25) is 14.3 Å². The highest BCUT2D eigenvalue weighted by Gasteiger charge is 2.29. The molecule has 6 rings (SSSR count). The van der Waals surface area contributed by atoms with Gasteiger partial charge in [-0.1, -0.05) is 18.2 Å². The Labute approximate surface area is 219 Å². The molecule has 0 bridgehead atoms. The largest absolute Gasteiger partial charge is 0.383 e. The van der Waals surface area contributed by atoms with E-state index < -0.39 is 0 Å². The highest BCUT2D eigenvalue weighted by atomic mass is 16.2. The SMILES string of the molecule is Cn1cc(-c2cnc(N)c(C(=O)N[C@@H]3CCN(C(=O)c4ccc(-c5ccc6[nH]ccc6c5)cc4)C3)c2)cn1. The zero-order chi connectivity index (χ0) is 26.2. The molecule has 1 saturated heterocycles. The van der Waals surface area contributed by atoms with Gasteiger partial charge in [-0.25, -0.2) is 4.98 Å². The van der Waals surface area contributed by atoms with E-state index in [0.29, 0.717) is 30.6 Å². The Bertz CT molecular complexity index is 1650. The van der Waals surface area contributed by atoms with Crippen molar-refractivity contribution in [2.24, 2.45) is 7.05 Å². The number of nitrogens with two attached hydrogens (primary N) is 1. The van der Waals surface area contributed by atoms with E-state index in [1.807, 2.05) is 49.8 Å². The first kappa shape index (κ1) is 23.5. The van der Waals surface area contributed by atoms with Crippen LogP contribution >= 0.6 is 0 Å². The minimum atomic E-state index is -0.302. The molecule has 0 saturated carbocycles. The van der Waals surface area contributed by atoms with Crippen molar-refractivity contribution in [2.75, 3.05) is 18.8 Å². The average molecular weight is 506 g/mol. The first-order chi connectivity index (χ1) is 18.4. The van der Waals surface area contributed by atoms with Crippen LogP contribution < -0.4 is 11.1 Å². The molecule has 1 aliphatic heterocycles. The number of nitrogens with zero attached hydrogens (tertiary/aromatic N) is 4. The van der Waals surface area contributed by atoms with E-state index in [9.17, 15) is 9.59 Å². The van der Waals surface area contributed by atoms with Crippen LogP contribution in [0.4, 0.5) is 5.82 Å². The number of aromatic amines is 1. The number of carbonyl (C=O) groups excluding carboxylic acids is 2. The molecule has 1 atom stereocenters. The van der Waals surface area contributed by atoms with Crippen molar-refractivity contribution in [1.29, 1.82) is 0 Å². The Morgan fingerprint density at radius 2 is 1.82 bits per heavy atom. The Balaban J connectivity index is 1.10. The number of pyridine rings is 1. The number of hydrogen-bond acceptors (Lipinski definition) is 5. The monoisotopic (exact) mass is 505 g/mol. The van der Waals surface area contributed by atoms with Crippen molar-refractivity contribution in [1.82, 2.24) is 30.0 Å². The first-order valence-electron chi connectivity index (χ1n) is 12.5. The fraction of sp³-hybridized carbons (Fsp3) is 0.172. The van der Waals surface area contributed by atoms with Crippen LogP contribution in [0, 0.1) is 0 Å². The number of rotatable bonds is 5. The quantitative estimate of drug-likeness (QED) is 0.335. The Kier molecular flexibility index (Phi) is 5.88. The number of anilines is 1. The Morgan fingerprint density at radius 3 is 2.61 bits per heavy atom. The number of nitrogen functional groups attached to an aromatic ring is 1. The average Bonchev–Trinajstić information content (AvgIpc) is 3.69. The summed E-state index contributed by atoms with van der Waals surface area (Å²) >= 11 is 0. The smallest absolute Gasteiger partial charge is 0.255 e. The number of aromatic nitrogens is 4. The minimum Gasteiger partial charge on any atom is -0.383 e. The maximum absolute atomic E-state index is 13.2. The van der Waals surface area contributed by atoms with Crippen LogP contribution in [-0.2, 0) is 7.05 Å². The number of amides is 2. The van der Waals surface area contributed by atoms with Crippen LogP contribution in [0.25, 0.3) is 33.2 Å². The molecule has 2 aromatic carbocycles. The van der Waals surface area contributed by atoms with Gasteiger partial charge < -0.3 is 20.9 Å². The van der Waals surface area contributed by atoms with Gasteiger partial charge in [0.2, 0.25) is 0 Å². The van der Waals surface area contributed by atoms with Crippen LogP contribution in [0.2, 0.25) is 0 Å². The third kappa shape index (κ3) is 4.50. The lowest BCUT2D eigenvalue weighted by atomic mass is 10.0. The summed E-state index contributed by atoms with van der Waals surface area (Å²) in [6, 6.07) is 17.5. The van der Waals surface area contributed by atoms with Crippen molar-refractivity contribution in [2.45, 2.75) is 12.5 Å². The zero-order valence-corrected chi connectivity index (χ0v) is 20.9. The van der Waals surface area contributed by atoms with Gasteiger partial charge in [0.15, 0.2) is 0 Å². The summed E-state index contributed by atoms with van der Waals surface area (Å²) in [5, 5.41) is 8.34. The van der Waals surface area contributed by atoms with Crippen LogP contribution in [-0.4, -0.2) is 55.6 Å². The van der Waals surface area contributed by atoms with Gasteiger partial charge in [-0.05, 0) is 59.3 Å². The molecule has 9 nitrogen and oxygen atoms in total. The van der Waals surface area contributed by atoms with E-state index in [1.54, 1.807) is 28.0 Å². The van der Waals surface area contributed by atoms with E-state index >= 15 is 0 Å². The van der Waals surface area contributed by atoms with Gasteiger partial charge in [0, 0.05) is 67.0 Å². The number of aryl methyl sites for hydroxylation is 1. The molecule has 2 amide bonds. The summed E-state index contributed by atoms with van der Waals surface area (Å²) in [5.41, 5.74) is 11.8. The zero-order valence-electron chi connectivity index (χ0n) is 20.9. The highest BCUT2D eigenvalue weighted by Crippen LogP contribution is 2.25. The molecule has 38 heavy (non-hydrogen) atoms. The molecule has 3 aromatic heterocycles. The van der Waals surface area contributed by atoms with Gasteiger partial charge in [-0.15, -0.1) is 0 Å². The molecule has 1 fully saturated rings. The Hall–Kier alpha value is -4.92. The predicted octanol–water partition coefficient (Wildman–Crippen LogP) is 3.86. The van der Waals surface area contributed by atoms with Gasteiger partial charge >= 0.3 is 0 Å². The molecule has 0 aliphatic carbocycles. The number of H-pyrrole nitrogens is 1. The van der Waals surface area contributed by atoms with Crippen molar-refractivity contribution < 1.29 is 9.59 Å². The standard InChI is InChI=1S/C29H27N7O2/c1-35-16-23(15-33-35)22-13-25(27(30)32-14-22)28(37)34-24-9-11-36(17-24)29(38)19-4-2-18(3-5-19)20-6-7-26-21(12-20)8-10-31-26/h2-8,10,12-16,24,31H,9,11,17H2,1H3,(H2,30,32)(H,34,37)/t24-/m1/s1. The molecule has 5 aromatic rings. The van der Waals surface area contributed by atoms with Crippen molar-refractivity contribution >= 4 is 28.5 Å². The van der Waals surface area contributed by atoms with Crippen LogP contribution in [0.1, 0.15) is 27.1 Å². The lowest BCUT2D eigenvalue weighted by Gasteiger charge is -2.18. The highest BCUT2D eigenvalue weighted by molar-refractivity contribution is 6.00. The van der Waals surface area contributed by atoms with Crippen LogP contribution in [0.15, 0.2) is 79.4 Å². The third-order valence-corrected chi connectivity index (χ3v) is 7.03. The Morgan fingerprint density at radius 1 is 1.00 bits per heavy atom. The third-order valence-electron chi connectivity index (χ3n) is 7.03. The molecule has 0 spiro atoms. The van der Waals surface area contributed by atoms with Gasteiger partial charge in [0.1, 0.15) is 5.82 Å². The summed E-state index contributed by atoms with van der Waals surface area (Å²) in [5.74, 6) is -0.185. The molecular weight excluding hydrogens is 478 g/mol. The normalized spacial score (nSPS) is 15.2. The fourth-order valence-corrected chi connectivity index (χ4v) is 4.93. The van der Waals surface area contributed by atoms with E-state index in [4.69, 9.17) is 5.73 Å². The lowest BCUT2D eigenvalue weighted by molar-refractivity contribution is 0.0783. The van der Waals surface area contributed by atoms with E-state index in [2.05, 4.69) is 38.6 Å². The van der Waals surface area contributed by atoms with E-state index in [0.717, 1.165) is 33.2 Å². The van der Waals surface area contributed by atoms with Crippen molar-refractivity contribution in [3.63, 3.8) is 0 Å². The minimum absolute atomic E-state index is 0.0471. The van der Waals surface area contributed by atoms with E-state index in [-0.39, 0.29) is 23.7 Å². The number of benzene rings is 2. The summed E-state index contributed by atoms with van der Waals surface area (Å²) in [7, 11) is 1.83. The number of likely N-dealkylation sites (tertiary alicyclic amines) is 1. The molecule has 9 heteroatoms. The molecule has 4 heterocycles. The number of hydrogen-bond donors (Lipinski definition) is 3. The number of nitrogens with one attached hydrogen (secondary N) is 2. The fourth-order valence-electron chi connectivity index (χ4n) is 4.93. The maximum Gasteiger partial charge on any atom is 0.255 e. The number of fused-ring (bicyclic) bond motifs is 1. The number of carbonyl (C=O) groups is 2. The van der Waals surface area contributed by atoms with Gasteiger partial charge in [0.25, 0.3) is 11.8 Å². The second kappa shape index (κ2) is 9.51. The van der Waals surface area contributed by atoms with Gasteiger partial charge in [-0.2, -0.15) is 5.10 Å². The lowest BCUT2D eigenvalue weighted by Crippen LogP contribution is -2.38. The maximum atomic E-state index is 13.2. The second-order valence-electron chi connectivity index (χ2n) is 9.63. The van der Waals surface area contributed by atoms with Crippen molar-refractivity contribution in [3.05, 3.63) is 90.5 Å². The van der Waals surface area contributed by atoms with Crippen LogP contribution in [0.5, 0.6) is 0 Å². The topological polar surface area (TPSA) is 122 Å². The van der Waals surface area contributed by atoms with Crippen LogP contribution in [0.3, 0.4) is 0 Å². The molecule has 190 valence electrons.